The predicted octanol–water partition coefficient (Wildman–Crippen LogP) is 1.43. The van der Waals surface area contributed by atoms with Gasteiger partial charge < -0.3 is 10.2 Å². The van der Waals surface area contributed by atoms with Gasteiger partial charge in [-0.2, -0.15) is 0 Å². The number of nitrogens with zero attached hydrogens (tertiary/aromatic N) is 3. The lowest BCUT2D eigenvalue weighted by atomic mass is 10.2. The van der Waals surface area contributed by atoms with Gasteiger partial charge in [-0.05, 0) is 19.1 Å². The highest BCUT2D eigenvalue weighted by molar-refractivity contribution is 5.89. The van der Waals surface area contributed by atoms with E-state index in [4.69, 9.17) is 0 Å². The Bertz CT molecular complexity index is 520. The summed E-state index contributed by atoms with van der Waals surface area (Å²) in [6.07, 6.45) is 1.66. The zero-order valence-corrected chi connectivity index (χ0v) is 9.93. The summed E-state index contributed by atoms with van der Waals surface area (Å²) in [5, 5.41) is 4.59. The van der Waals surface area contributed by atoms with E-state index in [0.717, 1.165) is 36.4 Å². The van der Waals surface area contributed by atoms with Crippen molar-refractivity contribution in [3.05, 3.63) is 30.6 Å². The van der Waals surface area contributed by atoms with Gasteiger partial charge in [0.15, 0.2) is 0 Å². The lowest BCUT2D eigenvalue weighted by Gasteiger charge is -2.33. The first kappa shape index (κ1) is 10.5. The molecule has 1 aliphatic rings. The van der Waals surface area contributed by atoms with Crippen LogP contribution in [0.15, 0.2) is 30.6 Å². The minimum Gasteiger partial charge on any atom is -0.353 e. The summed E-state index contributed by atoms with van der Waals surface area (Å²) in [5.74, 6) is 1.06. The Hall–Kier alpha value is -1.68. The van der Waals surface area contributed by atoms with E-state index in [0.29, 0.717) is 6.04 Å². The molecule has 0 spiro atoms. The Morgan fingerprint density at radius 1 is 1.29 bits per heavy atom. The summed E-state index contributed by atoms with van der Waals surface area (Å²) in [5.41, 5.74) is 1.02. The van der Waals surface area contributed by atoms with Crippen LogP contribution in [0.4, 0.5) is 5.82 Å². The Kier molecular flexibility index (Phi) is 2.65. The van der Waals surface area contributed by atoms with Crippen molar-refractivity contribution in [1.82, 2.24) is 15.3 Å². The molecule has 0 amide bonds. The van der Waals surface area contributed by atoms with Crippen LogP contribution in [0.5, 0.6) is 0 Å². The number of piperazine rings is 1. The second-order valence-electron chi connectivity index (χ2n) is 4.52. The zero-order valence-electron chi connectivity index (χ0n) is 9.93. The Labute approximate surface area is 101 Å². The smallest absolute Gasteiger partial charge is 0.139 e. The molecule has 2 heterocycles. The SMILES string of the molecule is C[C@H]1CN(c2ncnc3ccccc23)CCN1. The van der Waals surface area contributed by atoms with Crippen LogP contribution in [-0.4, -0.2) is 35.6 Å². The lowest BCUT2D eigenvalue weighted by Crippen LogP contribution is -2.49. The molecule has 0 bridgehead atoms. The fraction of sp³-hybridized carbons (Fsp3) is 0.385. The van der Waals surface area contributed by atoms with E-state index in [1.165, 1.54) is 0 Å². The number of aromatic nitrogens is 2. The molecule has 1 N–H and O–H groups in total. The fourth-order valence-corrected chi connectivity index (χ4v) is 2.37. The predicted molar refractivity (Wildman–Crippen MR) is 69.2 cm³/mol. The first-order valence-corrected chi connectivity index (χ1v) is 6.02. The van der Waals surface area contributed by atoms with Crippen molar-refractivity contribution in [2.24, 2.45) is 0 Å². The van der Waals surface area contributed by atoms with Crippen molar-refractivity contribution in [3.63, 3.8) is 0 Å². The summed E-state index contributed by atoms with van der Waals surface area (Å²) in [6, 6.07) is 8.70. The average Bonchev–Trinajstić information content (AvgIpc) is 2.38. The molecule has 2 aromatic rings. The molecule has 1 fully saturated rings. The third-order valence-corrected chi connectivity index (χ3v) is 3.19. The minimum absolute atomic E-state index is 0.512. The van der Waals surface area contributed by atoms with Crippen LogP contribution in [0, 0.1) is 0 Å². The third kappa shape index (κ3) is 1.96. The van der Waals surface area contributed by atoms with Gasteiger partial charge in [0.25, 0.3) is 0 Å². The number of hydrogen-bond donors (Lipinski definition) is 1. The monoisotopic (exact) mass is 228 g/mol. The molecule has 1 aromatic carbocycles. The van der Waals surface area contributed by atoms with Crippen molar-refractivity contribution < 1.29 is 0 Å². The molecule has 0 aliphatic carbocycles. The molecule has 1 saturated heterocycles. The van der Waals surface area contributed by atoms with Gasteiger partial charge in [-0.25, -0.2) is 9.97 Å². The molecule has 3 rings (SSSR count). The summed E-state index contributed by atoms with van der Waals surface area (Å²) >= 11 is 0. The summed E-state index contributed by atoms with van der Waals surface area (Å²) in [6.45, 7) is 5.22. The van der Waals surface area contributed by atoms with Crippen LogP contribution in [0.3, 0.4) is 0 Å². The summed E-state index contributed by atoms with van der Waals surface area (Å²) < 4.78 is 0. The first-order chi connectivity index (χ1) is 8.34. The Morgan fingerprint density at radius 2 is 2.18 bits per heavy atom. The second kappa shape index (κ2) is 4.30. The van der Waals surface area contributed by atoms with Crippen molar-refractivity contribution >= 4 is 16.7 Å². The molecule has 88 valence electrons. The van der Waals surface area contributed by atoms with Crippen molar-refractivity contribution in [2.45, 2.75) is 13.0 Å². The van der Waals surface area contributed by atoms with Crippen LogP contribution < -0.4 is 10.2 Å². The highest BCUT2D eigenvalue weighted by Crippen LogP contribution is 2.23. The maximum atomic E-state index is 4.45. The largest absolute Gasteiger partial charge is 0.353 e. The molecule has 0 radical (unpaired) electrons. The number of rotatable bonds is 1. The number of anilines is 1. The molecule has 1 atom stereocenters. The van der Waals surface area contributed by atoms with Crippen LogP contribution >= 0.6 is 0 Å². The summed E-state index contributed by atoms with van der Waals surface area (Å²) in [4.78, 5) is 11.1. The van der Waals surface area contributed by atoms with Crippen LogP contribution in [0.25, 0.3) is 10.9 Å². The number of hydrogen-bond acceptors (Lipinski definition) is 4. The fourth-order valence-electron chi connectivity index (χ4n) is 2.37. The number of nitrogens with one attached hydrogen (secondary N) is 1. The number of fused-ring (bicyclic) bond motifs is 1. The maximum absolute atomic E-state index is 4.45. The van der Waals surface area contributed by atoms with Crippen molar-refractivity contribution in [2.75, 3.05) is 24.5 Å². The van der Waals surface area contributed by atoms with E-state index in [-0.39, 0.29) is 0 Å². The van der Waals surface area contributed by atoms with Gasteiger partial charge in [-0.1, -0.05) is 12.1 Å². The van der Waals surface area contributed by atoms with E-state index < -0.39 is 0 Å². The van der Waals surface area contributed by atoms with Gasteiger partial charge in [0, 0.05) is 31.1 Å². The molecule has 1 aliphatic heterocycles. The van der Waals surface area contributed by atoms with Crippen molar-refractivity contribution in [3.8, 4) is 0 Å². The van der Waals surface area contributed by atoms with Gasteiger partial charge >= 0.3 is 0 Å². The van der Waals surface area contributed by atoms with E-state index in [9.17, 15) is 0 Å². The molecular formula is C13H16N4. The number of para-hydroxylation sites is 1. The van der Waals surface area contributed by atoms with Gasteiger partial charge in [-0.15, -0.1) is 0 Å². The van der Waals surface area contributed by atoms with Crippen molar-refractivity contribution in [1.29, 1.82) is 0 Å². The van der Waals surface area contributed by atoms with Gasteiger partial charge in [0.1, 0.15) is 12.1 Å². The second-order valence-corrected chi connectivity index (χ2v) is 4.52. The van der Waals surface area contributed by atoms with Crippen LogP contribution in [-0.2, 0) is 0 Å². The van der Waals surface area contributed by atoms with E-state index in [1.54, 1.807) is 6.33 Å². The van der Waals surface area contributed by atoms with E-state index in [1.807, 2.05) is 18.2 Å². The Balaban J connectivity index is 2.04. The average molecular weight is 228 g/mol. The van der Waals surface area contributed by atoms with Gasteiger partial charge in [0.05, 0.1) is 5.52 Å². The standard InChI is InChI=1S/C13H16N4/c1-10-8-17(7-6-14-10)13-11-4-2-3-5-12(11)15-9-16-13/h2-5,9-10,14H,6-8H2,1H3/t10-/m0/s1. The van der Waals surface area contributed by atoms with Crippen LogP contribution in [0.2, 0.25) is 0 Å². The molecule has 4 heteroatoms. The normalized spacial score (nSPS) is 20.8. The number of benzene rings is 1. The van der Waals surface area contributed by atoms with Gasteiger partial charge in [0.2, 0.25) is 0 Å². The molecule has 1 aromatic heterocycles. The first-order valence-electron chi connectivity index (χ1n) is 6.02. The minimum atomic E-state index is 0.512. The highest BCUT2D eigenvalue weighted by atomic mass is 15.2. The van der Waals surface area contributed by atoms with Crippen LogP contribution in [0.1, 0.15) is 6.92 Å². The molecule has 0 saturated carbocycles. The van der Waals surface area contributed by atoms with E-state index >= 15 is 0 Å². The molecular weight excluding hydrogens is 212 g/mol. The van der Waals surface area contributed by atoms with Gasteiger partial charge in [-0.3, -0.25) is 0 Å². The highest BCUT2D eigenvalue weighted by Gasteiger charge is 2.18. The maximum Gasteiger partial charge on any atom is 0.139 e. The quantitative estimate of drug-likeness (QED) is 0.801. The zero-order chi connectivity index (χ0) is 11.7. The molecule has 4 nitrogen and oxygen atoms in total. The molecule has 17 heavy (non-hydrogen) atoms. The van der Waals surface area contributed by atoms with E-state index in [2.05, 4.69) is 33.2 Å². The molecule has 0 unspecified atom stereocenters. The lowest BCUT2D eigenvalue weighted by molar-refractivity contribution is 0.483. The summed E-state index contributed by atoms with van der Waals surface area (Å²) in [7, 11) is 0. The third-order valence-electron chi connectivity index (χ3n) is 3.19. The topological polar surface area (TPSA) is 41.1 Å². The Morgan fingerprint density at radius 3 is 3.06 bits per heavy atom.